The average molecular weight is 437 g/mol. The Morgan fingerprint density at radius 3 is 2.41 bits per heavy atom. The van der Waals surface area contributed by atoms with Gasteiger partial charge < -0.3 is 9.80 Å². The number of aromatic nitrogens is 1. The van der Waals surface area contributed by atoms with Gasteiger partial charge in [-0.15, -0.1) is 0 Å². The van der Waals surface area contributed by atoms with Gasteiger partial charge in [0.1, 0.15) is 12.2 Å². The molecular weight excluding hydrogens is 418 g/mol. The van der Waals surface area contributed by atoms with E-state index in [1.54, 1.807) is 23.1 Å². The molecule has 11 nitrogen and oxygen atoms in total. The number of hydrogen-bond acceptors (Lipinski definition) is 7. The molecule has 0 bridgehead atoms. The molecular formula is C21H19N5O6. The van der Waals surface area contributed by atoms with Crippen LogP contribution in [-0.4, -0.2) is 81.0 Å². The zero-order valence-corrected chi connectivity index (χ0v) is 17.0. The highest BCUT2D eigenvalue weighted by atomic mass is 16.6. The molecule has 2 aromatic rings. The van der Waals surface area contributed by atoms with Crippen molar-refractivity contribution in [1.29, 1.82) is 0 Å². The molecule has 0 radical (unpaired) electrons. The highest BCUT2D eigenvalue weighted by molar-refractivity contribution is 6.22. The van der Waals surface area contributed by atoms with Crippen molar-refractivity contribution < 1.29 is 24.1 Å². The summed E-state index contributed by atoms with van der Waals surface area (Å²) in [6.07, 6.45) is 2.08. The highest BCUT2D eigenvalue weighted by Crippen LogP contribution is 2.26. The summed E-state index contributed by atoms with van der Waals surface area (Å²) in [7, 11) is 0. The fourth-order valence-corrected chi connectivity index (χ4v) is 3.79. The molecule has 0 aliphatic carbocycles. The zero-order chi connectivity index (χ0) is 22.8. The predicted octanol–water partition coefficient (Wildman–Crippen LogP) is 0.961. The van der Waals surface area contributed by atoms with Crippen LogP contribution in [0.5, 0.6) is 0 Å². The zero-order valence-electron chi connectivity index (χ0n) is 17.0. The van der Waals surface area contributed by atoms with E-state index in [1.807, 2.05) is 0 Å². The van der Waals surface area contributed by atoms with Crippen LogP contribution in [0, 0.1) is 10.1 Å². The molecule has 1 aromatic heterocycles. The maximum atomic E-state index is 12.8. The Balaban J connectivity index is 1.41. The van der Waals surface area contributed by atoms with E-state index in [2.05, 4.69) is 4.98 Å². The second-order valence-electron chi connectivity index (χ2n) is 7.42. The second-order valence-corrected chi connectivity index (χ2v) is 7.42. The number of carbonyl (C=O) groups excluding carboxylic acids is 4. The first kappa shape index (κ1) is 21.1. The van der Waals surface area contributed by atoms with E-state index in [0.717, 1.165) is 17.0 Å². The van der Waals surface area contributed by atoms with Crippen LogP contribution in [0.2, 0.25) is 0 Å². The summed E-state index contributed by atoms with van der Waals surface area (Å²) in [6.45, 7) is 0.922. The Kier molecular flexibility index (Phi) is 5.63. The highest BCUT2D eigenvalue weighted by Gasteiger charge is 2.38. The van der Waals surface area contributed by atoms with Crippen LogP contribution in [0.1, 0.15) is 37.6 Å². The number of rotatable bonds is 4. The monoisotopic (exact) mass is 437 g/mol. The molecule has 1 aromatic carbocycles. The van der Waals surface area contributed by atoms with E-state index in [4.69, 9.17) is 0 Å². The lowest BCUT2D eigenvalue weighted by molar-refractivity contribution is -0.384. The van der Waals surface area contributed by atoms with Gasteiger partial charge in [0, 0.05) is 44.5 Å². The first-order chi connectivity index (χ1) is 15.4. The second kappa shape index (κ2) is 8.53. The number of nitro benzene ring substituents is 1. The van der Waals surface area contributed by atoms with Gasteiger partial charge in [0.15, 0.2) is 0 Å². The summed E-state index contributed by atoms with van der Waals surface area (Å²) in [5, 5.41) is 11.0. The molecule has 0 saturated carbocycles. The summed E-state index contributed by atoms with van der Waals surface area (Å²) >= 11 is 0. The summed E-state index contributed by atoms with van der Waals surface area (Å²) in [5.74, 6) is -2.04. The molecule has 2 aliphatic rings. The van der Waals surface area contributed by atoms with Crippen LogP contribution < -0.4 is 0 Å². The quantitative estimate of drug-likeness (QED) is 0.395. The van der Waals surface area contributed by atoms with E-state index in [-0.39, 0.29) is 29.3 Å². The number of benzene rings is 1. The molecule has 0 unspecified atom stereocenters. The fraction of sp³-hybridized carbons (Fsp3) is 0.286. The van der Waals surface area contributed by atoms with Gasteiger partial charge in [-0.1, -0.05) is 6.07 Å². The number of pyridine rings is 1. The normalized spacial score (nSPS) is 16.1. The van der Waals surface area contributed by atoms with Crippen LogP contribution in [0.15, 0.2) is 42.6 Å². The molecule has 0 N–H and O–H groups in total. The van der Waals surface area contributed by atoms with E-state index < -0.39 is 29.2 Å². The smallest absolute Gasteiger partial charge is 0.272 e. The van der Waals surface area contributed by atoms with Crippen LogP contribution in [0.4, 0.5) is 5.69 Å². The summed E-state index contributed by atoms with van der Waals surface area (Å²) in [5.41, 5.74) is -0.0212. The summed E-state index contributed by atoms with van der Waals surface area (Å²) < 4.78 is 0. The molecule has 0 atom stereocenters. The molecule has 4 rings (SSSR count). The molecule has 4 amide bonds. The molecule has 3 heterocycles. The molecule has 1 fully saturated rings. The van der Waals surface area contributed by atoms with Crippen molar-refractivity contribution in [3.05, 3.63) is 69.5 Å². The molecule has 11 heteroatoms. The van der Waals surface area contributed by atoms with E-state index in [1.165, 1.54) is 17.2 Å². The third kappa shape index (κ3) is 3.92. The van der Waals surface area contributed by atoms with Crippen LogP contribution in [0.25, 0.3) is 0 Å². The van der Waals surface area contributed by atoms with Gasteiger partial charge in [0.05, 0.1) is 16.1 Å². The first-order valence-electron chi connectivity index (χ1n) is 9.99. The lowest BCUT2D eigenvalue weighted by Gasteiger charge is -2.23. The molecule has 2 aliphatic heterocycles. The third-order valence-corrected chi connectivity index (χ3v) is 5.48. The minimum absolute atomic E-state index is 0.0383. The fourth-order valence-electron chi connectivity index (χ4n) is 3.79. The minimum atomic E-state index is -0.733. The number of amides is 4. The lowest BCUT2D eigenvalue weighted by atomic mass is 10.1. The maximum absolute atomic E-state index is 12.8. The predicted molar refractivity (Wildman–Crippen MR) is 110 cm³/mol. The molecule has 32 heavy (non-hydrogen) atoms. The number of carbonyl (C=O) groups is 4. The molecule has 0 spiro atoms. The molecule has 1 saturated heterocycles. The van der Waals surface area contributed by atoms with Crippen LogP contribution in [0.3, 0.4) is 0 Å². The average Bonchev–Trinajstić information content (AvgIpc) is 2.97. The van der Waals surface area contributed by atoms with E-state index in [9.17, 15) is 29.3 Å². The summed E-state index contributed by atoms with van der Waals surface area (Å²) in [6, 6.07) is 8.50. The summed E-state index contributed by atoms with van der Waals surface area (Å²) in [4.78, 5) is 68.9. The Morgan fingerprint density at radius 1 is 0.969 bits per heavy atom. The van der Waals surface area contributed by atoms with Gasteiger partial charge >= 0.3 is 0 Å². The SMILES string of the molecule is O=C(CN1C(=O)c2ccc([N+](=O)[O-])cc2C1=O)N1CCCN(C(=O)c2ccccn2)CC1. The largest absolute Gasteiger partial charge is 0.339 e. The lowest BCUT2D eigenvalue weighted by Crippen LogP contribution is -2.44. The van der Waals surface area contributed by atoms with Crippen LogP contribution >= 0.6 is 0 Å². The Hall–Kier alpha value is -4.15. The van der Waals surface area contributed by atoms with Gasteiger partial charge in [0.25, 0.3) is 23.4 Å². The standard InChI is InChI=1S/C21H19N5O6/c27-18(13-25-19(28)15-6-5-14(26(31)32)12-16(15)20(25)29)23-8-3-9-24(11-10-23)21(30)17-4-1-2-7-22-17/h1-2,4-7,12H,3,8-11,13H2. The topological polar surface area (TPSA) is 134 Å². The number of nitrogens with zero attached hydrogens (tertiary/aromatic N) is 5. The number of nitro groups is 1. The number of non-ortho nitro benzene ring substituents is 1. The van der Waals surface area contributed by atoms with Crippen molar-refractivity contribution in [3.8, 4) is 0 Å². The van der Waals surface area contributed by atoms with Gasteiger partial charge in [-0.25, -0.2) is 0 Å². The van der Waals surface area contributed by atoms with Crippen molar-refractivity contribution in [2.24, 2.45) is 0 Å². The van der Waals surface area contributed by atoms with E-state index in [0.29, 0.717) is 31.7 Å². The Bertz CT molecular complexity index is 1120. The Morgan fingerprint density at radius 2 is 1.69 bits per heavy atom. The first-order valence-corrected chi connectivity index (χ1v) is 9.99. The van der Waals surface area contributed by atoms with Gasteiger partial charge in [-0.3, -0.25) is 39.2 Å². The van der Waals surface area contributed by atoms with Gasteiger partial charge in [0.2, 0.25) is 5.91 Å². The number of hydrogen-bond donors (Lipinski definition) is 0. The van der Waals surface area contributed by atoms with Crippen molar-refractivity contribution in [2.75, 3.05) is 32.7 Å². The third-order valence-electron chi connectivity index (χ3n) is 5.48. The maximum Gasteiger partial charge on any atom is 0.272 e. The van der Waals surface area contributed by atoms with Crippen molar-refractivity contribution >= 4 is 29.3 Å². The van der Waals surface area contributed by atoms with Gasteiger partial charge in [-0.2, -0.15) is 0 Å². The number of imide groups is 1. The minimum Gasteiger partial charge on any atom is -0.339 e. The number of fused-ring (bicyclic) bond motifs is 1. The van der Waals surface area contributed by atoms with Gasteiger partial charge in [-0.05, 0) is 24.6 Å². The molecule has 164 valence electrons. The van der Waals surface area contributed by atoms with Crippen molar-refractivity contribution in [1.82, 2.24) is 19.7 Å². The van der Waals surface area contributed by atoms with Crippen LogP contribution in [-0.2, 0) is 4.79 Å². The van der Waals surface area contributed by atoms with Crippen molar-refractivity contribution in [2.45, 2.75) is 6.42 Å². The van der Waals surface area contributed by atoms with E-state index >= 15 is 0 Å². The van der Waals surface area contributed by atoms with Crippen molar-refractivity contribution in [3.63, 3.8) is 0 Å². The Labute approximate surface area is 182 Å².